The summed E-state index contributed by atoms with van der Waals surface area (Å²) in [7, 11) is 3.72. The molecule has 3 aromatic rings. The van der Waals surface area contributed by atoms with E-state index in [2.05, 4.69) is 25.1 Å². The van der Waals surface area contributed by atoms with Crippen molar-refractivity contribution < 1.29 is 43.6 Å². The molecular weight excluding hydrogens is 601 g/mol. The highest BCUT2D eigenvalue weighted by molar-refractivity contribution is 8.76. The van der Waals surface area contributed by atoms with E-state index in [1.54, 1.807) is 12.1 Å². The molecule has 0 radical (unpaired) electrons. The summed E-state index contributed by atoms with van der Waals surface area (Å²) < 4.78 is 25.6. The lowest BCUT2D eigenvalue weighted by atomic mass is 10.1. The minimum absolute atomic E-state index is 0.0557. The third-order valence-electron chi connectivity index (χ3n) is 5.91. The summed E-state index contributed by atoms with van der Waals surface area (Å²) >= 11 is 0. The number of imide groups is 1. The smallest absolute Gasteiger partial charge is 0.416 e. The predicted octanol–water partition coefficient (Wildman–Crippen LogP) is 1.38. The van der Waals surface area contributed by atoms with Gasteiger partial charge >= 0.3 is 6.09 Å². The predicted molar refractivity (Wildman–Crippen MR) is 147 cm³/mol. The minimum atomic E-state index is -1.68. The van der Waals surface area contributed by atoms with Crippen LogP contribution in [0, 0.1) is 15.9 Å². The number of anilines is 1. The first-order chi connectivity index (χ1) is 20.2. The van der Waals surface area contributed by atoms with Crippen LogP contribution in [0.3, 0.4) is 0 Å². The topological polar surface area (TPSA) is 204 Å². The Morgan fingerprint density at radius 1 is 1.21 bits per heavy atom. The van der Waals surface area contributed by atoms with E-state index in [-0.39, 0.29) is 31.2 Å². The van der Waals surface area contributed by atoms with E-state index in [4.69, 9.17) is 9.47 Å². The van der Waals surface area contributed by atoms with Gasteiger partial charge in [-0.3, -0.25) is 9.36 Å². The maximum atomic E-state index is 13.5. The first-order valence-electron chi connectivity index (χ1n) is 12.3. The molecular formula is C23H26FN7O9S2. The lowest BCUT2D eigenvalue weighted by Gasteiger charge is -2.20. The van der Waals surface area contributed by atoms with Gasteiger partial charge in [-0.15, -0.1) is 10.1 Å². The fourth-order valence-corrected chi connectivity index (χ4v) is 5.54. The number of aliphatic hydroxyl groups excluding tert-OH is 2. The van der Waals surface area contributed by atoms with Crippen LogP contribution in [0.15, 0.2) is 36.9 Å². The normalized spacial score (nSPS) is 19.9. The number of hydrogen-bond donors (Lipinski definition) is 3. The molecule has 16 nitrogen and oxygen atoms in total. The number of imidazole rings is 1. The van der Waals surface area contributed by atoms with E-state index >= 15 is 0 Å². The first-order valence-corrected chi connectivity index (χ1v) is 14.8. The molecule has 2 amide bonds. The molecule has 4 atom stereocenters. The van der Waals surface area contributed by atoms with Crippen molar-refractivity contribution in [2.75, 3.05) is 37.1 Å². The second kappa shape index (κ2) is 14.4. The fourth-order valence-electron chi connectivity index (χ4n) is 3.90. The van der Waals surface area contributed by atoms with Gasteiger partial charge in [0.2, 0.25) is 0 Å². The van der Waals surface area contributed by atoms with Gasteiger partial charge < -0.3 is 29.8 Å². The van der Waals surface area contributed by atoms with Crippen molar-refractivity contribution in [3.63, 3.8) is 0 Å². The van der Waals surface area contributed by atoms with Gasteiger partial charge in [0.25, 0.3) is 11.0 Å². The first kappa shape index (κ1) is 31.2. The van der Waals surface area contributed by atoms with Crippen LogP contribution in [-0.4, -0.2) is 102 Å². The number of benzene rings is 1. The van der Waals surface area contributed by atoms with Crippen LogP contribution in [0.2, 0.25) is 0 Å². The van der Waals surface area contributed by atoms with E-state index in [0.717, 1.165) is 7.05 Å². The Balaban J connectivity index is 1.33. The molecule has 2 aromatic heterocycles. The summed E-state index contributed by atoms with van der Waals surface area (Å²) in [6.45, 7) is 0.113. The Kier molecular flexibility index (Phi) is 10.7. The molecule has 1 aliphatic heterocycles. The SMILES string of the molecule is CN(C(=O)OCCSSCCO[N+](=O)[O-])C(=O)[C@H]1O[C@@H](n2cnc3c(NCc4cccc(F)c4)ncnc32)[C@H](O)[C@@H]1O. The van der Waals surface area contributed by atoms with Crippen molar-refractivity contribution in [3.8, 4) is 0 Å². The average molecular weight is 628 g/mol. The Labute approximate surface area is 245 Å². The van der Waals surface area contributed by atoms with Crippen molar-refractivity contribution in [1.82, 2.24) is 24.4 Å². The van der Waals surface area contributed by atoms with Crippen LogP contribution in [-0.2, 0) is 25.7 Å². The van der Waals surface area contributed by atoms with Gasteiger partial charge in [-0.25, -0.2) is 29.0 Å². The van der Waals surface area contributed by atoms with Gasteiger partial charge in [0.15, 0.2) is 29.3 Å². The minimum Gasteiger partial charge on any atom is -0.448 e. The van der Waals surface area contributed by atoms with E-state index < -0.39 is 41.6 Å². The average Bonchev–Trinajstić information content (AvgIpc) is 3.53. The summed E-state index contributed by atoms with van der Waals surface area (Å²) in [5.74, 6) is -0.302. The maximum Gasteiger partial charge on any atom is 0.416 e. The second-order valence-corrected chi connectivity index (χ2v) is 11.4. The zero-order chi connectivity index (χ0) is 30.2. The third-order valence-corrected chi connectivity index (χ3v) is 8.24. The van der Waals surface area contributed by atoms with E-state index in [1.807, 2.05) is 0 Å². The van der Waals surface area contributed by atoms with Crippen LogP contribution >= 0.6 is 21.6 Å². The molecule has 0 unspecified atom stereocenters. The molecule has 0 bridgehead atoms. The number of likely N-dealkylation sites (N-methyl/N-ethyl adjacent to an activating group) is 1. The van der Waals surface area contributed by atoms with Crippen molar-refractivity contribution >= 4 is 50.6 Å². The Morgan fingerprint density at radius 3 is 2.71 bits per heavy atom. The molecule has 0 aliphatic carbocycles. The number of nitrogens with one attached hydrogen (secondary N) is 1. The largest absolute Gasteiger partial charge is 0.448 e. The highest BCUT2D eigenvalue weighted by Gasteiger charge is 2.49. The molecule has 42 heavy (non-hydrogen) atoms. The Bertz CT molecular complexity index is 1420. The zero-order valence-corrected chi connectivity index (χ0v) is 23.6. The van der Waals surface area contributed by atoms with Crippen molar-refractivity contribution in [2.24, 2.45) is 0 Å². The highest BCUT2D eigenvalue weighted by Crippen LogP contribution is 2.33. The van der Waals surface area contributed by atoms with Crippen LogP contribution in [0.25, 0.3) is 11.2 Å². The standard InChI is InChI=1S/C23H26FN7O9S2/c1-29(23(35)38-5-7-41-42-8-6-39-31(36)37)21(34)18-16(32)17(33)22(40-18)30-12-28-15-19(26-11-27-20(15)30)25-10-13-3-2-4-14(24)9-13/h2-4,9,11-12,16-18,22,32-33H,5-8,10H2,1H3,(H,25,26,27)/t16-,17+,18-,22+/m0/s1. The number of carbonyl (C=O) groups excluding carboxylic acids is 2. The number of rotatable bonds is 13. The van der Waals surface area contributed by atoms with Crippen LogP contribution in [0.5, 0.6) is 0 Å². The molecule has 226 valence electrons. The van der Waals surface area contributed by atoms with Gasteiger partial charge in [-0.05, 0) is 17.7 Å². The van der Waals surface area contributed by atoms with E-state index in [0.29, 0.717) is 33.3 Å². The molecule has 1 aromatic carbocycles. The van der Waals surface area contributed by atoms with Crippen molar-refractivity contribution in [3.05, 3.63) is 58.4 Å². The van der Waals surface area contributed by atoms with E-state index in [1.165, 1.54) is 50.9 Å². The second-order valence-electron chi connectivity index (χ2n) is 8.67. The number of aromatic nitrogens is 4. The number of halogens is 1. The van der Waals surface area contributed by atoms with Crippen molar-refractivity contribution in [2.45, 2.75) is 31.1 Å². The van der Waals surface area contributed by atoms with Crippen molar-refractivity contribution in [1.29, 1.82) is 0 Å². The van der Waals surface area contributed by atoms with Crippen LogP contribution in [0.1, 0.15) is 11.8 Å². The molecule has 19 heteroatoms. The maximum absolute atomic E-state index is 13.5. The number of carbonyl (C=O) groups is 2. The summed E-state index contributed by atoms with van der Waals surface area (Å²) in [6.07, 6.45) is -4.58. The highest BCUT2D eigenvalue weighted by atomic mass is 33.1. The molecule has 4 rings (SSSR count). The summed E-state index contributed by atoms with van der Waals surface area (Å²) in [5.41, 5.74) is 1.20. The Hall–Kier alpha value is -3.78. The number of aliphatic hydroxyl groups is 2. The number of amides is 2. The number of hydrogen-bond acceptors (Lipinski definition) is 15. The van der Waals surface area contributed by atoms with E-state index in [9.17, 15) is 34.3 Å². The summed E-state index contributed by atoms with van der Waals surface area (Å²) in [4.78, 5) is 52.8. The number of ether oxygens (including phenoxy) is 2. The molecule has 1 saturated heterocycles. The third kappa shape index (κ3) is 7.53. The number of nitrogens with zero attached hydrogens (tertiary/aromatic N) is 6. The quantitative estimate of drug-likeness (QED) is 0.106. The lowest BCUT2D eigenvalue weighted by Crippen LogP contribution is -2.46. The monoisotopic (exact) mass is 627 g/mol. The van der Waals surface area contributed by atoms with Gasteiger partial charge in [0, 0.05) is 25.1 Å². The summed E-state index contributed by atoms with van der Waals surface area (Å²) in [5, 5.41) is 33.6. The van der Waals surface area contributed by atoms with Crippen LogP contribution < -0.4 is 5.32 Å². The Morgan fingerprint density at radius 2 is 1.98 bits per heavy atom. The lowest BCUT2D eigenvalue weighted by molar-refractivity contribution is -0.756. The molecule has 1 fully saturated rings. The number of fused-ring (bicyclic) bond motifs is 1. The molecule has 0 saturated carbocycles. The molecule has 3 heterocycles. The summed E-state index contributed by atoms with van der Waals surface area (Å²) in [6, 6.07) is 6.02. The molecule has 3 N–H and O–H groups in total. The molecule has 0 spiro atoms. The zero-order valence-electron chi connectivity index (χ0n) is 21.9. The van der Waals surface area contributed by atoms with Gasteiger partial charge in [-0.1, -0.05) is 33.7 Å². The van der Waals surface area contributed by atoms with Gasteiger partial charge in [0.1, 0.15) is 37.6 Å². The fraction of sp³-hybridized carbons (Fsp3) is 0.435. The van der Waals surface area contributed by atoms with Gasteiger partial charge in [-0.2, -0.15) is 0 Å². The van der Waals surface area contributed by atoms with Crippen LogP contribution in [0.4, 0.5) is 15.0 Å². The van der Waals surface area contributed by atoms with Gasteiger partial charge in [0.05, 0.1) is 6.33 Å². The molecule has 1 aliphatic rings.